The molecule has 1 aliphatic heterocycles. The van der Waals surface area contributed by atoms with Gasteiger partial charge in [-0.1, -0.05) is 6.42 Å². The monoisotopic (exact) mass is 175 g/mol. The van der Waals surface area contributed by atoms with Gasteiger partial charge < -0.3 is 0 Å². The molecule has 2 aliphatic rings. The van der Waals surface area contributed by atoms with Crippen molar-refractivity contribution < 1.29 is 4.84 Å². The van der Waals surface area contributed by atoms with E-state index >= 15 is 0 Å². The van der Waals surface area contributed by atoms with E-state index in [1.807, 2.05) is 0 Å². The van der Waals surface area contributed by atoms with Crippen molar-refractivity contribution in [3.8, 4) is 0 Å². The summed E-state index contributed by atoms with van der Waals surface area (Å²) in [6.45, 7) is 0.890. The molecule has 1 saturated carbocycles. The maximum absolute atomic E-state index is 5.62. The Hall–Kier alpha value is 0.210. The van der Waals surface area contributed by atoms with Gasteiger partial charge in [0, 0.05) is 12.4 Å². The second kappa shape index (κ2) is 2.92. The summed E-state index contributed by atoms with van der Waals surface area (Å²) in [5, 5.41) is 2.05. The Morgan fingerprint density at radius 2 is 2.00 bits per heavy atom. The van der Waals surface area contributed by atoms with E-state index < -0.39 is 0 Å². The summed E-state index contributed by atoms with van der Waals surface area (Å²) in [5.74, 6) is 0.682. The highest BCUT2D eigenvalue weighted by molar-refractivity contribution is 6.18. The van der Waals surface area contributed by atoms with Crippen LogP contribution in [-0.2, 0) is 4.84 Å². The van der Waals surface area contributed by atoms with Crippen LogP contribution in [0, 0.1) is 0 Å². The molecule has 0 aromatic rings. The van der Waals surface area contributed by atoms with Crippen LogP contribution in [0.4, 0.5) is 0 Å². The summed E-state index contributed by atoms with van der Waals surface area (Å²) in [6.07, 6.45) is 6.44. The predicted octanol–water partition coefficient (Wildman–Crippen LogP) is 2.13. The first-order valence-corrected chi connectivity index (χ1v) is 4.94. The Morgan fingerprint density at radius 1 is 1.27 bits per heavy atom. The van der Waals surface area contributed by atoms with Crippen LogP contribution in [0.25, 0.3) is 0 Å². The van der Waals surface area contributed by atoms with Crippen molar-refractivity contribution in [2.45, 2.75) is 37.8 Å². The van der Waals surface area contributed by atoms with Crippen LogP contribution < -0.4 is 0 Å². The lowest BCUT2D eigenvalue weighted by Crippen LogP contribution is -2.22. The average Bonchev–Trinajstić information content (AvgIpc) is 2.66. The van der Waals surface area contributed by atoms with Gasteiger partial charge in [0.2, 0.25) is 0 Å². The molecule has 2 rings (SSSR count). The van der Waals surface area contributed by atoms with E-state index in [4.69, 9.17) is 16.4 Å². The smallest absolute Gasteiger partial charge is 0.165 e. The SMILES string of the molecule is ClCCN1OC12CCCCC2. The lowest BCUT2D eigenvalue weighted by molar-refractivity contribution is 0.189. The molecular weight excluding hydrogens is 162 g/mol. The highest BCUT2D eigenvalue weighted by Gasteiger charge is 2.54. The van der Waals surface area contributed by atoms with Crippen molar-refractivity contribution in [3.05, 3.63) is 0 Å². The Kier molecular flexibility index (Phi) is 2.08. The van der Waals surface area contributed by atoms with E-state index in [0.717, 1.165) is 6.54 Å². The van der Waals surface area contributed by atoms with Crippen molar-refractivity contribution >= 4 is 11.6 Å². The standard InChI is InChI=1S/C8H14ClNO/c9-6-7-10-8(11-10)4-2-1-3-5-8/h1-7H2. The van der Waals surface area contributed by atoms with Gasteiger partial charge in [-0.05, 0) is 25.7 Å². The molecule has 1 heterocycles. The quantitative estimate of drug-likeness (QED) is 0.472. The lowest BCUT2D eigenvalue weighted by atomic mass is 9.94. The van der Waals surface area contributed by atoms with Crippen molar-refractivity contribution in [1.82, 2.24) is 5.06 Å². The van der Waals surface area contributed by atoms with E-state index in [9.17, 15) is 0 Å². The maximum atomic E-state index is 5.62. The normalized spacial score (nSPS) is 34.1. The molecule has 0 bridgehead atoms. The molecule has 64 valence electrons. The molecule has 1 atom stereocenters. The zero-order valence-corrected chi connectivity index (χ0v) is 7.44. The molecule has 0 aromatic heterocycles. The fourth-order valence-electron chi connectivity index (χ4n) is 1.96. The van der Waals surface area contributed by atoms with Crippen LogP contribution in [0.2, 0.25) is 0 Å². The zero-order valence-electron chi connectivity index (χ0n) is 6.68. The number of rotatable bonds is 2. The number of hydroxylamine groups is 2. The number of alkyl halides is 1. The minimum Gasteiger partial charge on any atom is -0.272 e. The number of nitrogens with zero attached hydrogens (tertiary/aromatic N) is 1. The van der Waals surface area contributed by atoms with Crippen molar-refractivity contribution in [2.75, 3.05) is 12.4 Å². The molecule has 0 radical (unpaired) electrons. The molecule has 2 fully saturated rings. The molecule has 0 aromatic carbocycles. The molecule has 1 saturated heterocycles. The van der Waals surface area contributed by atoms with Gasteiger partial charge >= 0.3 is 0 Å². The van der Waals surface area contributed by atoms with Gasteiger partial charge in [0.1, 0.15) is 0 Å². The van der Waals surface area contributed by atoms with Gasteiger partial charge in [-0.2, -0.15) is 5.06 Å². The van der Waals surface area contributed by atoms with Gasteiger partial charge in [0.05, 0.1) is 0 Å². The summed E-state index contributed by atoms with van der Waals surface area (Å²) >= 11 is 5.62. The number of halogens is 1. The third kappa shape index (κ3) is 1.40. The van der Waals surface area contributed by atoms with Crippen molar-refractivity contribution in [3.63, 3.8) is 0 Å². The molecule has 1 aliphatic carbocycles. The van der Waals surface area contributed by atoms with Gasteiger partial charge in [0.25, 0.3) is 0 Å². The first kappa shape index (κ1) is 7.84. The van der Waals surface area contributed by atoms with Crippen molar-refractivity contribution in [1.29, 1.82) is 0 Å². The molecule has 0 N–H and O–H groups in total. The molecule has 0 amide bonds. The second-order valence-corrected chi connectivity index (χ2v) is 3.77. The largest absolute Gasteiger partial charge is 0.272 e. The highest BCUT2D eigenvalue weighted by atomic mass is 35.5. The molecule has 1 spiro atoms. The Labute approximate surface area is 72.4 Å². The van der Waals surface area contributed by atoms with Gasteiger partial charge in [0.15, 0.2) is 5.72 Å². The molecule has 3 heteroatoms. The fourth-order valence-corrected chi connectivity index (χ4v) is 2.11. The van der Waals surface area contributed by atoms with Gasteiger partial charge in [-0.3, -0.25) is 4.84 Å². The van der Waals surface area contributed by atoms with Gasteiger partial charge in [-0.25, -0.2) is 0 Å². The van der Waals surface area contributed by atoms with Crippen LogP contribution in [0.15, 0.2) is 0 Å². The van der Waals surface area contributed by atoms with E-state index in [0.29, 0.717) is 5.88 Å². The van der Waals surface area contributed by atoms with Gasteiger partial charge in [-0.15, -0.1) is 11.6 Å². The van der Waals surface area contributed by atoms with E-state index in [-0.39, 0.29) is 5.72 Å². The Bertz CT molecular complexity index is 145. The Morgan fingerprint density at radius 3 is 2.64 bits per heavy atom. The summed E-state index contributed by atoms with van der Waals surface area (Å²) in [7, 11) is 0. The molecule has 11 heavy (non-hydrogen) atoms. The maximum Gasteiger partial charge on any atom is 0.165 e. The first-order chi connectivity index (χ1) is 5.37. The van der Waals surface area contributed by atoms with Crippen LogP contribution in [-0.4, -0.2) is 23.2 Å². The van der Waals surface area contributed by atoms with E-state index in [1.165, 1.54) is 32.1 Å². The summed E-state index contributed by atoms with van der Waals surface area (Å²) in [4.78, 5) is 5.53. The van der Waals surface area contributed by atoms with Crippen LogP contribution in [0.1, 0.15) is 32.1 Å². The van der Waals surface area contributed by atoms with E-state index in [1.54, 1.807) is 0 Å². The third-order valence-electron chi connectivity index (χ3n) is 2.62. The minimum absolute atomic E-state index is 0.146. The summed E-state index contributed by atoms with van der Waals surface area (Å²) < 4.78 is 0. The molecular formula is C8H14ClNO. The van der Waals surface area contributed by atoms with Crippen LogP contribution in [0.5, 0.6) is 0 Å². The van der Waals surface area contributed by atoms with Crippen LogP contribution >= 0.6 is 11.6 Å². The fraction of sp³-hybridized carbons (Fsp3) is 1.00. The topological polar surface area (TPSA) is 15.5 Å². The lowest BCUT2D eigenvalue weighted by Gasteiger charge is -2.16. The average molecular weight is 176 g/mol. The van der Waals surface area contributed by atoms with Crippen LogP contribution in [0.3, 0.4) is 0 Å². The first-order valence-electron chi connectivity index (χ1n) is 4.40. The predicted molar refractivity (Wildman–Crippen MR) is 44.3 cm³/mol. The minimum atomic E-state index is 0.146. The number of hydrogen-bond donors (Lipinski definition) is 0. The highest BCUT2D eigenvalue weighted by Crippen LogP contribution is 2.46. The molecule has 2 nitrogen and oxygen atoms in total. The van der Waals surface area contributed by atoms with E-state index in [2.05, 4.69) is 5.06 Å². The zero-order chi connectivity index (χ0) is 7.73. The van der Waals surface area contributed by atoms with Crippen molar-refractivity contribution in [2.24, 2.45) is 0 Å². The summed E-state index contributed by atoms with van der Waals surface area (Å²) in [5.41, 5.74) is 0.146. The number of hydrogen-bond acceptors (Lipinski definition) is 2. The summed E-state index contributed by atoms with van der Waals surface area (Å²) in [6, 6.07) is 0. The molecule has 1 unspecified atom stereocenters. The second-order valence-electron chi connectivity index (χ2n) is 3.39. The third-order valence-corrected chi connectivity index (χ3v) is 2.79. The Balaban J connectivity index is 1.84.